The molecule has 2 N–H and O–H groups in total. The van der Waals surface area contributed by atoms with Gasteiger partial charge in [0.1, 0.15) is 5.75 Å². The summed E-state index contributed by atoms with van der Waals surface area (Å²) in [7, 11) is 1.35. The summed E-state index contributed by atoms with van der Waals surface area (Å²) in [6, 6.07) is 11.3. The van der Waals surface area contributed by atoms with Gasteiger partial charge in [-0.3, -0.25) is 4.79 Å². The van der Waals surface area contributed by atoms with Gasteiger partial charge >= 0.3 is 5.97 Å². The Morgan fingerprint density at radius 3 is 2.79 bits per heavy atom. The number of aromatic hydroxyl groups is 1. The van der Waals surface area contributed by atoms with Crippen LogP contribution in [0.1, 0.15) is 18.5 Å². The second-order valence-electron chi connectivity index (χ2n) is 4.40. The molecule has 0 fully saturated rings. The van der Waals surface area contributed by atoms with Crippen molar-refractivity contribution in [3.8, 4) is 5.75 Å². The Hall–Kier alpha value is -2.07. The van der Waals surface area contributed by atoms with Gasteiger partial charge in [0, 0.05) is 17.0 Å². The number of carbonyl (C=O) groups is 1. The van der Waals surface area contributed by atoms with Crippen molar-refractivity contribution in [2.75, 3.05) is 13.7 Å². The van der Waals surface area contributed by atoms with E-state index in [1.807, 2.05) is 43.3 Å². The van der Waals surface area contributed by atoms with Gasteiger partial charge in [0.05, 0.1) is 13.7 Å². The van der Waals surface area contributed by atoms with Gasteiger partial charge in [0.25, 0.3) is 0 Å². The number of benzene rings is 2. The number of esters is 1. The maximum atomic E-state index is 11.1. The summed E-state index contributed by atoms with van der Waals surface area (Å²) in [6.45, 7) is 2.01. The molecular weight excluding hydrogens is 242 g/mol. The van der Waals surface area contributed by atoms with Crippen LogP contribution < -0.4 is 5.32 Å². The summed E-state index contributed by atoms with van der Waals surface area (Å²) in [5.74, 6) is -0.0740. The Bertz CT molecular complexity index is 595. The molecule has 100 valence electrons. The smallest absolute Gasteiger partial charge is 0.319 e. The predicted octanol–water partition coefficient (Wildman–Crippen LogP) is 2.37. The number of nitrogens with one attached hydrogen (secondary N) is 1. The maximum Gasteiger partial charge on any atom is 0.319 e. The van der Waals surface area contributed by atoms with Crippen LogP contribution in [0.25, 0.3) is 10.8 Å². The average Bonchev–Trinajstić information content (AvgIpc) is 2.45. The van der Waals surface area contributed by atoms with Crippen LogP contribution in [0.5, 0.6) is 5.75 Å². The largest absolute Gasteiger partial charge is 0.507 e. The monoisotopic (exact) mass is 259 g/mol. The molecule has 0 aliphatic carbocycles. The fourth-order valence-electron chi connectivity index (χ4n) is 2.04. The zero-order valence-corrected chi connectivity index (χ0v) is 11.0. The van der Waals surface area contributed by atoms with E-state index in [1.165, 1.54) is 7.11 Å². The molecule has 0 spiro atoms. The molecule has 1 unspecified atom stereocenters. The van der Waals surface area contributed by atoms with E-state index in [9.17, 15) is 9.90 Å². The molecule has 2 aromatic carbocycles. The van der Waals surface area contributed by atoms with Gasteiger partial charge in [-0.15, -0.1) is 0 Å². The van der Waals surface area contributed by atoms with Crippen molar-refractivity contribution in [1.29, 1.82) is 0 Å². The second-order valence-corrected chi connectivity index (χ2v) is 4.40. The van der Waals surface area contributed by atoms with Gasteiger partial charge in [-0.2, -0.15) is 0 Å². The first kappa shape index (κ1) is 13.4. The van der Waals surface area contributed by atoms with Crippen molar-refractivity contribution in [2.24, 2.45) is 0 Å². The Balaban J connectivity index is 2.25. The number of phenolic OH excluding ortho intramolecular Hbond substituents is 1. The van der Waals surface area contributed by atoms with Crippen molar-refractivity contribution in [2.45, 2.75) is 13.0 Å². The molecule has 0 amide bonds. The van der Waals surface area contributed by atoms with Gasteiger partial charge in [0.15, 0.2) is 0 Å². The van der Waals surface area contributed by atoms with E-state index in [-0.39, 0.29) is 24.3 Å². The van der Waals surface area contributed by atoms with Crippen LogP contribution >= 0.6 is 0 Å². The third-order valence-electron chi connectivity index (χ3n) is 3.18. The summed E-state index contributed by atoms with van der Waals surface area (Å²) >= 11 is 0. The lowest BCUT2D eigenvalue weighted by Crippen LogP contribution is -2.26. The van der Waals surface area contributed by atoms with E-state index in [4.69, 9.17) is 0 Å². The molecule has 4 heteroatoms. The maximum absolute atomic E-state index is 11.1. The summed E-state index contributed by atoms with van der Waals surface area (Å²) < 4.78 is 4.57. The van der Waals surface area contributed by atoms with Crippen LogP contribution in [0.4, 0.5) is 0 Å². The van der Waals surface area contributed by atoms with Crippen LogP contribution in [0.2, 0.25) is 0 Å². The number of methoxy groups -OCH3 is 1. The topological polar surface area (TPSA) is 58.6 Å². The van der Waals surface area contributed by atoms with Gasteiger partial charge < -0.3 is 15.2 Å². The van der Waals surface area contributed by atoms with Crippen LogP contribution in [0, 0.1) is 0 Å². The number of rotatable bonds is 4. The zero-order chi connectivity index (χ0) is 13.8. The minimum absolute atomic E-state index is 0.115. The number of hydrogen-bond acceptors (Lipinski definition) is 4. The zero-order valence-electron chi connectivity index (χ0n) is 11.0. The summed E-state index contributed by atoms with van der Waals surface area (Å²) in [6.07, 6.45) is 0. The summed E-state index contributed by atoms with van der Waals surface area (Å²) in [4.78, 5) is 11.1. The highest BCUT2D eigenvalue weighted by molar-refractivity contribution is 5.89. The minimum Gasteiger partial charge on any atom is -0.507 e. The number of carbonyl (C=O) groups excluding carboxylic acids is 1. The SMILES string of the molecule is COC(=O)CNC(C)c1ccc2ccccc2c1O. The van der Waals surface area contributed by atoms with Crippen molar-refractivity contribution in [3.63, 3.8) is 0 Å². The fraction of sp³-hybridized carbons (Fsp3) is 0.267. The summed E-state index contributed by atoms with van der Waals surface area (Å²) in [5.41, 5.74) is 0.766. The first-order chi connectivity index (χ1) is 9.13. The molecule has 4 nitrogen and oxygen atoms in total. The molecular formula is C15H17NO3. The molecule has 2 aromatic rings. The molecule has 0 bridgehead atoms. The number of phenols is 1. The third-order valence-corrected chi connectivity index (χ3v) is 3.18. The van der Waals surface area contributed by atoms with Crippen molar-refractivity contribution in [3.05, 3.63) is 42.0 Å². The van der Waals surface area contributed by atoms with Crippen molar-refractivity contribution in [1.82, 2.24) is 5.32 Å². The van der Waals surface area contributed by atoms with Crippen LogP contribution in [0.3, 0.4) is 0 Å². The molecule has 0 aliphatic rings. The van der Waals surface area contributed by atoms with Gasteiger partial charge in [-0.25, -0.2) is 0 Å². The van der Waals surface area contributed by atoms with E-state index in [0.29, 0.717) is 0 Å². The molecule has 2 rings (SSSR count). The number of fused-ring (bicyclic) bond motifs is 1. The number of hydrogen-bond donors (Lipinski definition) is 2. The first-order valence-corrected chi connectivity index (χ1v) is 6.14. The van der Waals surface area contributed by atoms with Crippen LogP contribution in [0.15, 0.2) is 36.4 Å². The first-order valence-electron chi connectivity index (χ1n) is 6.14. The Kier molecular flexibility index (Phi) is 4.02. The van der Waals surface area contributed by atoms with E-state index in [0.717, 1.165) is 16.3 Å². The second kappa shape index (κ2) is 5.71. The minimum atomic E-state index is -0.327. The molecule has 0 saturated carbocycles. The van der Waals surface area contributed by atoms with E-state index >= 15 is 0 Å². The van der Waals surface area contributed by atoms with E-state index < -0.39 is 0 Å². The Morgan fingerprint density at radius 1 is 1.32 bits per heavy atom. The van der Waals surface area contributed by atoms with Gasteiger partial charge in [-0.1, -0.05) is 36.4 Å². The molecule has 0 saturated heterocycles. The third kappa shape index (κ3) is 2.85. The highest BCUT2D eigenvalue weighted by atomic mass is 16.5. The normalized spacial score (nSPS) is 12.3. The molecule has 0 heterocycles. The van der Waals surface area contributed by atoms with Crippen LogP contribution in [-0.2, 0) is 9.53 Å². The molecule has 0 aromatic heterocycles. The van der Waals surface area contributed by atoms with Gasteiger partial charge in [-0.05, 0) is 12.3 Å². The quantitative estimate of drug-likeness (QED) is 0.828. The van der Waals surface area contributed by atoms with Crippen molar-refractivity contribution >= 4 is 16.7 Å². The molecule has 19 heavy (non-hydrogen) atoms. The lowest BCUT2D eigenvalue weighted by molar-refractivity contribution is -0.139. The fourth-order valence-corrected chi connectivity index (χ4v) is 2.04. The highest BCUT2D eigenvalue weighted by Crippen LogP contribution is 2.32. The lowest BCUT2D eigenvalue weighted by Gasteiger charge is -2.16. The predicted molar refractivity (Wildman–Crippen MR) is 74.0 cm³/mol. The Morgan fingerprint density at radius 2 is 2.05 bits per heavy atom. The highest BCUT2D eigenvalue weighted by Gasteiger charge is 2.13. The molecule has 0 aliphatic heterocycles. The lowest BCUT2D eigenvalue weighted by atomic mass is 10.0. The summed E-state index contributed by atoms with van der Waals surface area (Å²) in [5, 5.41) is 15.1. The van der Waals surface area contributed by atoms with Crippen molar-refractivity contribution < 1.29 is 14.6 Å². The standard InChI is InChI=1S/C15H17NO3/c1-10(16-9-14(17)19-2)12-8-7-11-5-3-4-6-13(11)15(12)18/h3-8,10,16,18H,9H2,1-2H3. The molecule has 1 atom stereocenters. The molecule has 0 radical (unpaired) electrons. The van der Waals surface area contributed by atoms with E-state index in [2.05, 4.69) is 10.1 Å². The van der Waals surface area contributed by atoms with Crippen LogP contribution in [-0.4, -0.2) is 24.7 Å². The average molecular weight is 259 g/mol. The van der Waals surface area contributed by atoms with E-state index in [1.54, 1.807) is 0 Å². The Labute approximate surface area is 112 Å². The van der Waals surface area contributed by atoms with Gasteiger partial charge in [0.2, 0.25) is 0 Å². The number of ether oxygens (including phenoxy) is 1.